The van der Waals surface area contributed by atoms with E-state index in [1.165, 1.54) is 0 Å². The first kappa shape index (κ1) is 16.6. The fourth-order valence-corrected chi connectivity index (χ4v) is 2.82. The van der Waals surface area contributed by atoms with Crippen LogP contribution in [0.15, 0.2) is 30.3 Å². The van der Waals surface area contributed by atoms with Gasteiger partial charge in [-0.05, 0) is 38.0 Å². The Bertz CT molecular complexity index is 707. The smallest absolute Gasteiger partial charge is 0.251 e. The summed E-state index contributed by atoms with van der Waals surface area (Å²) in [6.07, 6.45) is 2.77. The number of aromatic nitrogens is 2. The van der Waals surface area contributed by atoms with Crippen molar-refractivity contribution in [1.82, 2.24) is 15.3 Å². The number of nitrogens with zero attached hydrogens (tertiary/aromatic N) is 2. The summed E-state index contributed by atoms with van der Waals surface area (Å²) < 4.78 is 5.28. The lowest BCUT2D eigenvalue weighted by Crippen LogP contribution is -2.34. The van der Waals surface area contributed by atoms with Crippen molar-refractivity contribution in [2.45, 2.75) is 39.2 Å². The summed E-state index contributed by atoms with van der Waals surface area (Å²) in [6, 6.07) is 9.67. The molecule has 1 aromatic carbocycles. The predicted octanol–water partition coefficient (Wildman–Crippen LogP) is 2.92. The highest BCUT2D eigenvalue weighted by Gasteiger charge is 2.18. The maximum atomic E-state index is 12.2. The van der Waals surface area contributed by atoms with Crippen molar-refractivity contribution in [3.63, 3.8) is 0 Å². The highest BCUT2D eigenvalue weighted by atomic mass is 16.5. The first-order chi connectivity index (χ1) is 11.7. The second kappa shape index (κ2) is 7.53. The third kappa shape index (κ3) is 3.97. The molecule has 0 unspecified atom stereocenters. The van der Waals surface area contributed by atoms with Gasteiger partial charge < -0.3 is 10.1 Å². The second-order valence-electron chi connectivity index (χ2n) is 6.17. The van der Waals surface area contributed by atoms with Crippen molar-refractivity contribution in [2.75, 3.05) is 13.2 Å². The summed E-state index contributed by atoms with van der Waals surface area (Å²) >= 11 is 0. The first-order valence-electron chi connectivity index (χ1n) is 8.49. The largest absolute Gasteiger partial charge is 0.379 e. The fourth-order valence-electron chi connectivity index (χ4n) is 2.82. The Morgan fingerprint density at radius 3 is 2.75 bits per heavy atom. The molecule has 0 radical (unpaired) electrons. The van der Waals surface area contributed by atoms with Gasteiger partial charge in [0, 0.05) is 29.8 Å². The normalized spacial score (nSPS) is 17.0. The van der Waals surface area contributed by atoms with Crippen LogP contribution in [-0.4, -0.2) is 35.1 Å². The Balaban J connectivity index is 1.75. The Morgan fingerprint density at radius 2 is 2.08 bits per heavy atom. The van der Waals surface area contributed by atoms with Gasteiger partial charge in [0.25, 0.3) is 5.91 Å². The Hall–Kier alpha value is -2.27. The minimum absolute atomic E-state index is 0.0532. The molecule has 1 aromatic heterocycles. The van der Waals surface area contributed by atoms with E-state index < -0.39 is 0 Å². The summed E-state index contributed by atoms with van der Waals surface area (Å²) in [7, 11) is 0. The van der Waals surface area contributed by atoms with Crippen LogP contribution in [0.2, 0.25) is 0 Å². The van der Waals surface area contributed by atoms with Gasteiger partial charge in [0.1, 0.15) is 5.82 Å². The zero-order chi connectivity index (χ0) is 16.9. The van der Waals surface area contributed by atoms with Crippen molar-refractivity contribution in [2.24, 2.45) is 0 Å². The van der Waals surface area contributed by atoms with Crippen molar-refractivity contribution in [3.05, 3.63) is 47.4 Å². The molecule has 0 spiro atoms. The van der Waals surface area contributed by atoms with E-state index in [1.807, 2.05) is 37.3 Å². The molecule has 1 aliphatic heterocycles. The Morgan fingerprint density at radius 1 is 1.29 bits per heavy atom. The van der Waals surface area contributed by atoms with Crippen molar-refractivity contribution in [1.29, 1.82) is 0 Å². The predicted molar refractivity (Wildman–Crippen MR) is 92.9 cm³/mol. The third-order valence-corrected chi connectivity index (χ3v) is 4.08. The van der Waals surface area contributed by atoms with E-state index in [1.54, 1.807) is 0 Å². The van der Waals surface area contributed by atoms with Crippen LogP contribution in [0, 0.1) is 6.92 Å². The Kier molecular flexibility index (Phi) is 5.20. The van der Waals surface area contributed by atoms with Crippen LogP contribution in [0.25, 0.3) is 11.3 Å². The van der Waals surface area contributed by atoms with E-state index in [4.69, 9.17) is 4.74 Å². The van der Waals surface area contributed by atoms with Gasteiger partial charge in [-0.15, -0.1) is 0 Å². The van der Waals surface area contributed by atoms with Gasteiger partial charge in [0.15, 0.2) is 0 Å². The molecule has 0 bridgehead atoms. The number of carbonyl (C=O) groups is 1. The molecule has 1 fully saturated rings. The van der Waals surface area contributed by atoms with Gasteiger partial charge in [0.05, 0.1) is 18.3 Å². The summed E-state index contributed by atoms with van der Waals surface area (Å²) in [4.78, 5) is 21.3. The van der Waals surface area contributed by atoms with Gasteiger partial charge in [-0.3, -0.25) is 4.79 Å². The van der Waals surface area contributed by atoms with Crippen LogP contribution in [0.3, 0.4) is 0 Å². The molecule has 1 atom stereocenters. The minimum atomic E-state index is -0.0532. The highest BCUT2D eigenvalue weighted by Crippen LogP contribution is 2.19. The van der Waals surface area contributed by atoms with Gasteiger partial charge in [0.2, 0.25) is 0 Å². The number of aryl methyl sites for hydroxylation is 2. The maximum absolute atomic E-state index is 12.2. The molecule has 0 saturated carbocycles. The molecule has 126 valence electrons. The quantitative estimate of drug-likeness (QED) is 0.918. The first-order valence-corrected chi connectivity index (χ1v) is 8.49. The van der Waals surface area contributed by atoms with E-state index in [2.05, 4.69) is 22.2 Å². The molecule has 2 heterocycles. The van der Waals surface area contributed by atoms with Crippen LogP contribution in [0.4, 0.5) is 0 Å². The molecule has 24 heavy (non-hydrogen) atoms. The number of benzene rings is 1. The number of nitrogens with one attached hydrogen (secondary N) is 1. The second-order valence-corrected chi connectivity index (χ2v) is 6.17. The lowest BCUT2D eigenvalue weighted by Gasteiger charge is -2.11. The molecule has 0 aliphatic carbocycles. The number of hydrogen-bond donors (Lipinski definition) is 1. The lowest BCUT2D eigenvalue weighted by atomic mass is 10.1. The number of hydrogen-bond acceptors (Lipinski definition) is 4. The molecule has 5 heteroatoms. The standard InChI is InChI=1S/C19H23N3O2/c1-3-4-18-20-13(2)11-17(22-18)14-5-7-15(8-6-14)19(23)21-16-9-10-24-12-16/h5-8,11,16H,3-4,9-10,12H2,1-2H3,(H,21,23)/t16-/m1/s1. The monoisotopic (exact) mass is 325 g/mol. The van der Waals surface area contributed by atoms with Crippen LogP contribution >= 0.6 is 0 Å². The van der Waals surface area contributed by atoms with Crippen molar-refractivity contribution >= 4 is 5.91 Å². The maximum Gasteiger partial charge on any atom is 0.251 e. The molecule has 1 N–H and O–H groups in total. The molecule has 1 amide bonds. The van der Waals surface area contributed by atoms with Crippen LogP contribution < -0.4 is 5.32 Å². The SMILES string of the molecule is CCCc1nc(C)cc(-c2ccc(C(=O)N[C@@H]3CCOC3)cc2)n1. The lowest BCUT2D eigenvalue weighted by molar-refractivity contribution is 0.0930. The fraction of sp³-hybridized carbons (Fsp3) is 0.421. The number of ether oxygens (including phenoxy) is 1. The summed E-state index contributed by atoms with van der Waals surface area (Å²) in [5.41, 5.74) is 3.53. The molecular weight excluding hydrogens is 302 g/mol. The summed E-state index contributed by atoms with van der Waals surface area (Å²) in [6.45, 7) is 5.42. The summed E-state index contributed by atoms with van der Waals surface area (Å²) in [5, 5.41) is 3.00. The van der Waals surface area contributed by atoms with E-state index >= 15 is 0 Å². The Labute approximate surface area is 142 Å². The van der Waals surface area contributed by atoms with E-state index in [0.29, 0.717) is 12.2 Å². The van der Waals surface area contributed by atoms with E-state index in [-0.39, 0.29) is 11.9 Å². The number of amides is 1. The van der Waals surface area contributed by atoms with Gasteiger partial charge in [-0.25, -0.2) is 9.97 Å². The topological polar surface area (TPSA) is 64.1 Å². The number of rotatable bonds is 5. The van der Waals surface area contributed by atoms with Crippen molar-refractivity contribution in [3.8, 4) is 11.3 Å². The minimum Gasteiger partial charge on any atom is -0.379 e. The molecule has 3 rings (SSSR count). The van der Waals surface area contributed by atoms with E-state index in [9.17, 15) is 4.79 Å². The van der Waals surface area contributed by atoms with Crippen LogP contribution in [0.5, 0.6) is 0 Å². The van der Waals surface area contributed by atoms with Gasteiger partial charge in [-0.1, -0.05) is 19.1 Å². The highest BCUT2D eigenvalue weighted by molar-refractivity contribution is 5.94. The van der Waals surface area contributed by atoms with Crippen molar-refractivity contribution < 1.29 is 9.53 Å². The van der Waals surface area contributed by atoms with Crippen LogP contribution in [-0.2, 0) is 11.2 Å². The van der Waals surface area contributed by atoms with Crippen LogP contribution in [0.1, 0.15) is 41.6 Å². The molecule has 5 nitrogen and oxygen atoms in total. The molecule has 1 saturated heterocycles. The number of carbonyl (C=O) groups excluding carboxylic acids is 1. The average molecular weight is 325 g/mol. The van der Waals surface area contributed by atoms with Gasteiger partial charge in [-0.2, -0.15) is 0 Å². The zero-order valence-electron chi connectivity index (χ0n) is 14.2. The molecule has 2 aromatic rings. The summed E-state index contributed by atoms with van der Waals surface area (Å²) in [5.74, 6) is 0.818. The van der Waals surface area contributed by atoms with Gasteiger partial charge >= 0.3 is 0 Å². The molecule has 1 aliphatic rings. The average Bonchev–Trinajstić information content (AvgIpc) is 3.08. The molecular formula is C19H23N3O2. The third-order valence-electron chi connectivity index (χ3n) is 4.08. The van der Waals surface area contributed by atoms with E-state index in [0.717, 1.165) is 48.6 Å². The zero-order valence-corrected chi connectivity index (χ0v) is 14.2.